The van der Waals surface area contributed by atoms with E-state index in [4.69, 9.17) is 59.2 Å². The molecule has 5 fully saturated rings. The van der Waals surface area contributed by atoms with Gasteiger partial charge in [0.2, 0.25) is 0 Å². The van der Waals surface area contributed by atoms with E-state index in [-0.39, 0.29) is 52.0 Å². The van der Waals surface area contributed by atoms with E-state index in [2.05, 4.69) is 10.6 Å². The number of aliphatic carboxylic acids is 2. The highest BCUT2D eigenvalue weighted by Crippen LogP contribution is 2.40. The second-order valence-corrected chi connectivity index (χ2v) is 19.5. The van der Waals surface area contributed by atoms with Crippen molar-refractivity contribution in [2.75, 3.05) is 46.1 Å². The molecule has 0 amide bonds. The van der Waals surface area contributed by atoms with Crippen LogP contribution in [0.2, 0.25) is 10.0 Å². The van der Waals surface area contributed by atoms with E-state index in [1.165, 1.54) is 54.6 Å². The molecule has 4 aromatic carbocycles. The summed E-state index contributed by atoms with van der Waals surface area (Å²) in [5.74, 6) is -1.61. The molecule has 4 aliphatic heterocycles. The van der Waals surface area contributed by atoms with Crippen molar-refractivity contribution in [2.24, 2.45) is 0 Å². The fourth-order valence-electron chi connectivity index (χ4n) is 8.65. The number of carboxylic acids is 2. The number of aliphatic hydroxyl groups is 8. The summed E-state index contributed by atoms with van der Waals surface area (Å²) >= 11 is 12.6. The molecule has 9 rings (SSSR count). The topological polar surface area (TPSA) is 297 Å². The van der Waals surface area contributed by atoms with Crippen LogP contribution in [0.15, 0.2) is 84.9 Å². The second kappa shape index (κ2) is 30.2. The zero-order valence-corrected chi connectivity index (χ0v) is 43.2. The van der Waals surface area contributed by atoms with Gasteiger partial charge in [-0.1, -0.05) is 83.9 Å². The standard InChI is InChI=1S/C23H27ClF2O7.C22H25ClO5.2C5H9NO2/c24-17-6-3-14(23-22(30)21(29)20(28)18(11-27)33-23)10-15(17)9-13-1-4-16(5-2-13)32-8-7-31-12-19(25)26;23-17-8-7-15(22-21(27)20(26)19(25)18(11-24)28-22)10-16(17)9-12-1-3-13(4-2-12)14-5-6-14;2*7-5(8)4-2-1-3-6-4/h1-6,10,18-23,27-30H,7-9,11-12H2;1-4,7-8,10,14,18-22,24-27H,5-6,9,11H2;2*4,6H,1-3H2,(H,7,8)/t18-,20-,21+,22-,23+;18-,19-,20+,21-,22+;2*4-/m1100/s1/i9D2;9D2,14D;;. The molecule has 4 saturated heterocycles. The van der Waals surface area contributed by atoms with Crippen molar-refractivity contribution in [3.63, 3.8) is 0 Å². The molecule has 18 nitrogen and oxygen atoms in total. The van der Waals surface area contributed by atoms with E-state index in [9.17, 15) is 59.2 Å². The first-order valence-electron chi connectivity index (χ1n) is 27.6. The number of benzene rings is 4. The minimum Gasteiger partial charge on any atom is -0.491 e. The molecule has 22 heteroatoms. The number of rotatable bonds is 17. The van der Waals surface area contributed by atoms with Crippen molar-refractivity contribution < 1.29 is 95.2 Å². The lowest BCUT2D eigenvalue weighted by molar-refractivity contribution is -0.231. The van der Waals surface area contributed by atoms with Gasteiger partial charge in [0.15, 0.2) is 0 Å². The van der Waals surface area contributed by atoms with E-state index in [1.807, 2.05) is 0 Å². The van der Waals surface area contributed by atoms with Crippen molar-refractivity contribution >= 4 is 35.1 Å². The Balaban J connectivity index is 0.000000208. The molecular weight excluding hydrogens is 1050 g/mol. The van der Waals surface area contributed by atoms with Crippen LogP contribution in [0.25, 0.3) is 0 Å². The smallest absolute Gasteiger partial charge is 0.320 e. The molecule has 12 N–H and O–H groups in total. The Morgan fingerprint density at radius 1 is 0.623 bits per heavy atom. The third-order valence-electron chi connectivity index (χ3n) is 13.1. The van der Waals surface area contributed by atoms with Gasteiger partial charge in [-0.05, 0) is 133 Å². The second-order valence-electron chi connectivity index (χ2n) is 18.7. The fraction of sp³-hybridized carbons (Fsp3) is 0.527. The van der Waals surface area contributed by atoms with Crippen molar-refractivity contribution in [1.82, 2.24) is 10.6 Å². The molecule has 12 atom stereocenters. The summed E-state index contributed by atoms with van der Waals surface area (Å²) in [4.78, 5) is 20.3. The van der Waals surface area contributed by atoms with Gasteiger partial charge in [0.1, 0.15) is 92.1 Å². The number of alkyl halides is 2. The molecule has 0 unspecified atom stereocenters. The first-order valence-corrected chi connectivity index (χ1v) is 25.8. The SMILES string of the molecule is O=C(O)[C@@H]1CCCN1.O=C(O)[C@@H]1CCCN1.[2H]C([2H])(c1ccc(OCCOCC(F)F)cc1)c1cc([C@@H]2O[C@H](CO)[C@@H](O)[C@H](O)[C@H]2O)ccc1Cl.[2H]C1(c2ccc(C([2H])([2H])c3cc([C@@H]4O[C@H](CO)[C@@H](O)[C@H](O)[C@H]4O)ccc3Cl)cc2)CC1. The van der Waals surface area contributed by atoms with Gasteiger partial charge in [0.25, 0.3) is 6.43 Å². The summed E-state index contributed by atoms with van der Waals surface area (Å²) in [6.45, 7) is -0.0688. The highest BCUT2D eigenvalue weighted by Gasteiger charge is 2.45. The number of hydrogen-bond donors (Lipinski definition) is 12. The monoisotopic (exact) mass is 1130 g/mol. The number of aliphatic hydroxyl groups excluding tert-OH is 8. The van der Waals surface area contributed by atoms with Crippen molar-refractivity contribution in [2.45, 2.75) is 137 Å². The molecule has 0 aromatic heterocycles. The maximum Gasteiger partial charge on any atom is 0.320 e. The molecule has 4 aromatic rings. The van der Waals surface area contributed by atoms with Crippen LogP contribution in [-0.4, -0.2) is 176 Å². The molecule has 0 bridgehead atoms. The first kappa shape index (κ1) is 54.5. The fourth-order valence-corrected chi connectivity index (χ4v) is 8.98. The van der Waals surface area contributed by atoms with E-state index < -0.39 is 118 Å². The van der Waals surface area contributed by atoms with Crippen LogP contribution < -0.4 is 15.4 Å². The maximum absolute atomic E-state index is 12.1. The molecule has 4 heterocycles. The number of hydrogen-bond acceptors (Lipinski definition) is 16. The number of nitrogens with one attached hydrogen (secondary N) is 2. The highest BCUT2D eigenvalue weighted by atomic mass is 35.5. The quantitative estimate of drug-likeness (QED) is 0.0664. The van der Waals surface area contributed by atoms with Crippen LogP contribution >= 0.6 is 23.2 Å². The van der Waals surface area contributed by atoms with Gasteiger partial charge >= 0.3 is 11.9 Å². The number of carbonyl (C=O) groups is 2. The van der Waals surface area contributed by atoms with E-state index in [1.54, 1.807) is 30.3 Å². The normalized spacial score (nSPS) is 29.5. The molecule has 0 spiro atoms. The third-order valence-corrected chi connectivity index (χ3v) is 13.7. The molecule has 77 heavy (non-hydrogen) atoms. The van der Waals surface area contributed by atoms with E-state index in [0.717, 1.165) is 57.2 Å². The molecule has 5 aliphatic rings. The summed E-state index contributed by atoms with van der Waals surface area (Å²) in [5, 5.41) is 103. The van der Waals surface area contributed by atoms with Crippen LogP contribution in [0, 0.1) is 0 Å². The summed E-state index contributed by atoms with van der Waals surface area (Å²) in [7, 11) is 0. The number of halogens is 4. The van der Waals surface area contributed by atoms with E-state index in [0.29, 0.717) is 22.4 Å². The summed E-state index contributed by atoms with van der Waals surface area (Å²) in [6.07, 6.45) is -14.9. The van der Waals surface area contributed by atoms with E-state index >= 15 is 0 Å². The Morgan fingerprint density at radius 3 is 1.42 bits per heavy atom. The molecule has 1 aliphatic carbocycles. The number of ether oxygens (including phenoxy) is 4. The van der Waals surface area contributed by atoms with Crippen LogP contribution in [0.5, 0.6) is 5.75 Å². The lowest BCUT2D eigenvalue weighted by Crippen LogP contribution is -2.55. The van der Waals surface area contributed by atoms with Gasteiger partial charge in [0.05, 0.1) is 19.8 Å². The average molecular weight is 1130 g/mol. The van der Waals surface area contributed by atoms with Gasteiger partial charge in [0, 0.05) is 16.9 Å². The summed E-state index contributed by atoms with van der Waals surface area (Å²) in [6, 6.07) is 21.2. The first-order chi connectivity index (χ1) is 38.7. The molecule has 0 radical (unpaired) electrons. The highest BCUT2D eigenvalue weighted by molar-refractivity contribution is 6.31. The maximum atomic E-state index is 12.1. The zero-order valence-electron chi connectivity index (χ0n) is 46.7. The number of carboxylic acid groups (broad SMARTS) is 2. The van der Waals surface area contributed by atoms with Crippen LogP contribution in [-0.2, 0) is 36.5 Å². The largest absolute Gasteiger partial charge is 0.491 e. The van der Waals surface area contributed by atoms with Crippen LogP contribution in [0.4, 0.5) is 8.78 Å². The molecular formula is C55H70Cl2F2N2O16. The predicted molar refractivity (Wildman–Crippen MR) is 278 cm³/mol. The Hall–Kier alpha value is -4.46. The summed E-state index contributed by atoms with van der Waals surface area (Å²) < 4.78 is 88.4. The minimum atomic E-state index is -2.55. The minimum absolute atomic E-state index is 0.0206. The van der Waals surface area contributed by atoms with Gasteiger partial charge in [-0.15, -0.1) is 0 Å². The van der Waals surface area contributed by atoms with Gasteiger partial charge in [-0.25, -0.2) is 8.78 Å². The van der Waals surface area contributed by atoms with Gasteiger partial charge in [-0.2, -0.15) is 0 Å². The van der Waals surface area contributed by atoms with Crippen molar-refractivity contribution in [3.05, 3.63) is 134 Å². The molecule has 1 saturated carbocycles. The van der Waals surface area contributed by atoms with Crippen molar-refractivity contribution in [3.8, 4) is 5.75 Å². The molecule has 424 valence electrons. The van der Waals surface area contributed by atoms with Crippen LogP contribution in [0.3, 0.4) is 0 Å². The Labute approximate surface area is 462 Å². The van der Waals surface area contributed by atoms with Crippen LogP contribution in [0.1, 0.15) is 102 Å². The Morgan fingerprint density at radius 2 is 1.05 bits per heavy atom. The summed E-state index contributed by atoms with van der Waals surface area (Å²) in [5.41, 5.74) is 2.35. The average Bonchev–Trinajstić information content (AvgIpc) is 3.88. The van der Waals surface area contributed by atoms with Crippen molar-refractivity contribution in [1.29, 1.82) is 0 Å². The van der Waals surface area contributed by atoms with Gasteiger partial charge < -0.3 is 80.6 Å². The third kappa shape index (κ3) is 18.0. The van der Waals surface area contributed by atoms with Gasteiger partial charge in [-0.3, -0.25) is 9.59 Å². The predicted octanol–water partition coefficient (Wildman–Crippen LogP) is 4.08. The zero-order chi connectivity index (χ0) is 60.3. The Bertz CT molecular complexity index is 2670. The lowest BCUT2D eigenvalue weighted by Gasteiger charge is -2.40. The Kier molecular flexibility index (Phi) is 21.4. The lowest BCUT2D eigenvalue weighted by atomic mass is 9.90.